The van der Waals surface area contributed by atoms with E-state index in [1.54, 1.807) is 6.92 Å². The molecule has 0 aliphatic rings. The van der Waals surface area contributed by atoms with Gasteiger partial charge in [0.2, 0.25) is 5.91 Å². The van der Waals surface area contributed by atoms with Gasteiger partial charge in [-0.2, -0.15) is 0 Å². The van der Waals surface area contributed by atoms with Gasteiger partial charge in [-0.3, -0.25) is 4.79 Å². The number of anilines is 1. The van der Waals surface area contributed by atoms with E-state index in [1.165, 1.54) is 16.9 Å². The van der Waals surface area contributed by atoms with Crippen molar-refractivity contribution in [2.24, 2.45) is 0 Å². The van der Waals surface area contributed by atoms with Gasteiger partial charge in [-0.1, -0.05) is 30.3 Å². The van der Waals surface area contributed by atoms with Crippen molar-refractivity contribution >= 4 is 28.2 Å². The Morgan fingerprint density at radius 2 is 1.71 bits per heavy atom. The highest BCUT2D eigenvalue weighted by Crippen LogP contribution is 2.37. The van der Waals surface area contributed by atoms with Crippen LogP contribution in [0.3, 0.4) is 0 Å². The Kier molecular flexibility index (Phi) is 7.47. The summed E-state index contributed by atoms with van der Waals surface area (Å²) in [5.74, 6) is 0.143. The molecule has 1 N–H and O–H groups in total. The van der Waals surface area contributed by atoms with E-state index in [0.29, 0.717) is 17.2 Å². The lowest BCUT2D eigenvalue weighted by molar-refractivity contribution is -0.115. The van der Waals surface area contributed by atoms with Crippen molar-refractivity contribution in [3.63, 3.8) is 0 Å². The molecule has 1 heterocycles. The first-order valence-corrected chi connectivity index (χ1v) is 11.2. The van der Waals surface area contributed by atoms with E-state index in [4.69, 9.17) is 9.47 Å². The Labute approximate surface area is 187 Å². The van der Waals surface area contributed by atoms with Gasteiger partial charge in [0, 0.05) is 10.9 Å². The largest absolute Gasteiger partial charge is 0.494 e. The van der Waals surface area contributed by atoms with Crippen LogP contribution in [0.4, 0.5) is 5.00 Å². The highest BCUT2D eigenvalue weighted by molar-refractivity contribution is 7.15. The lowest BCUT2D eigenvalue weighted by Gasteiger charge is -2.10. The van der Waals surface area contributed by atoms with Crippen LogP contribution in [0.25, 0.3) is 11.1 Å². The number of hydrogen-bond acceptors (Lipinski definition) is 5. The highest BCUT2D eigenvalue weighted by atomic mass is 32.1. The third kappa shape index (κ3) is 5.52. The predicted molar refractivity (Wildman–Crippen MR) is 125 cm³/mol. The zero-order valence-corrected chi connectivity index (χ0v) is 19.1. The van der Waals surface area contributed by atoms with Gasteiger partial charge in [0.15, 0.2) is 0 Å². The van der Waals surface area contributed by atoms with Gasteiger partial charge >= 0.3 is 5.97 Å². The fraction of sp³-hybridized carbons (Fsp3) is 0.280. The molecule has 0 saturated heterocycles. The number of thiophene rings is 1. The van der Waals surface area contributed by atoms with E-state index in [9.17, 15) is 9.59 Å². The number of nitrogens with one attached hydrogen (secondary N) is 1. The molecule has 3 rings (SSSR count). The molecule has 0 fully saturated rings. The molecule has 5 nitrogen and oxygen atoms in total. The summed E-state index contributed by atoms with van der Waals surface area (Å²) >= 11 is 1.33. The minimum absolute atomic E-state index is 0.191. The Bertz CT molecular complexity index is 1070. The third-order valence-electron chi connectivity index (χ3n) is 4.94. The fourth-order valence-electron chi connectivity index (χ4n) is 3.20. The van der Waals surface area contributed by atoms with Gasteiger partial charge in [0.25, 0.3) is 0 Å². The maximum Gasteiger partial charge on any atom is 0.341 e. The molecule has 2 aromatic carbocycles. The van der Waals surface area contributed by atoms with Crippen LogP contribution in [0, 0.1) is 13.8 Å². The van der Waals surface area contributed by atoms with Gasteiger partial charge in [0.1, 0.15) is 16.3 Å². The SMILES string of the molecule is CCOC(=O)c1c(-c2ccc(C)c(C)c2)csc1NC(=O)Cc1ccc(OCC)cc1. The smallest absolute Gasteiger partial charge is 0.341 e. The second-order valence-electron chi connectivity index (χ2n) is 7.17. The molecule has 0 saturated carbocycles. The molecule has 1 amide bonds. The predicted octanol–water partition coefficient (Wildman–Crippen LogP) is 5.79. The summed E-state index contributed by atoms with van der Waals surface area (Å²) in [7, 11) is 0. The number of carbonyl (C=O) groups excluding carboxylic acids is 2. The molecule has 162 valence electrons. The van der Waals surface area contributed by atoms with Crippen molar-refractivity contribution in [1.82, 2.24) is 0 Å². The van der Waals surface area contributed by atoms with E-state index < -0.39 is 5.97 Å². The van der Waals surface area contributed by atoms with Crippen molar-refractivity contribution in [2.45, 2.75) is 34.1 Å². The molecule has 0 bridgehead atoms. The first-order chi connectivity index (χ1) is 14.9. The Morgan fingerprint density at radius 1 is 0.968 bits per heavy atom. The zero-order chi connectivity index (χ0) is 22.4. The van der Waals surface area contributed by atoms with Crippen LogP contribution < -0.4 is 10.1 Å². The van der Waals surface area contributed by atoms with Crippen molar-refractivity contribution in [3.05, 3.63) is 70.1 Å². The minimum atomic E-state index is -0.437. The monoisotopic (exact) mass is 437 g/mol. The topological polar surface area (TPSA) is 64.6 Å². The molecular weight excluding hydrogens is 410 g/mol. The summed E-state index contributed by atoms with van der Waals surface area (Å²) in [6.45, 7) is 8.64. The number of esters is 1. The normalized spacial score (nSPS) is 10.6. The number of amides is 1. The van der Waals surface area contributed by atoms with E-state index >= 15 is 0 Å². The molecule has 3 aromatic rings. The first-order valence-electron chi connectivity index (χ1n) is 10.3. The standard InChI is InChI=1S/C25H27NO4S/c1-5-29-20-11-8-18(9-12-20)14-22(27)26-24-23(25(28)30-6-2)21(15-31-24)19-10-7-16(3)17(4)13-19/h7-13,15H,5-6,14H2,1-4H3,(H,26,27). The molecule has 6 heteroatoms. The molecule has 0 aliphatic carbocycles. The number of rotatable bonds is 8. The maximum atomic E-state index is 12.7. The molecule has 31 heavy (non-hydrogen) atoms. The molecule has 0 spiro atoms. The lowest BCUT2D eigenvalue weighted by atomic mass is 9.99. The van der Waals surface area contributed by atoms with Crippen molar-refractivity contribution < 1.29 is 19.1 Å². The quantitative estimate of drug-likeness (QED) is 0.453. The molecular formula is C25H27NO4S. The fourth-order valence-corrected chi connectivity index (χ4v) is 4.18. The lowest BCUT2D eigenvalue weighted by Crippen LogP contribution is -2.16. The summed E-state index contributed by atoms with van der Waals surface area (Å²) in [6.07, 6.45) is 0.200. The van der Waals surface area contributed by atoms with Crippen LogP contribution in [0.1, 0.15) is 40.9 Å². The molecule has 0 atom stereocenters. The maximum absolute atomic E-state index is 12.7. The van der Waals surface area contributed by atoms with Gasteiger partial charge in [-0.15, -0.1) is 11.3 Å². The Morgan fingerprint density at radius 3 is 2.35 bits per heavy atom. The molecule has 1 aromatic heterocycles. The zero-order valence-electron chi connectivity index (χ0n) is 18.3. The van der Waals surface area contributed by atoms with Gasteiger partial charge in [-0.25, -0.2) is 4.79 Å². The van der Waals surface area contributed by atoms with E-state index in [1.807, 2.05) is 68.6 Å². The molecule has 0 unspecified atom stereocenters. The van der Waals surface area contributed by atoms with E-state index in [0.717, 1.165) is 28.0 Å². The Hall–Kier alpha value is -3.12. The summed E-state index contributed by atoms with van der Waals surface area (Å²) in [4.78, 5) is 25.4. The average Bonchev–Trinajstić information content (AvgIpc) is 3.15. The van der Waals surface area contributed by atoms with Crippen LogP contribution in [-0.2, 0) is 16.0 Å². The number of carbonyl (C=O) groups is 2. The van der Waals surface area contributed by atoms with Crippen molar-refractivity contribution in [1.29, 1.82) is 0 Å². The van der Waals surface area contributed by atoms with Gasteiger partial charge in [0.05, 0.1) is 19.6 Å². The second kappa shape index (κ2) is 10.3. The number of aryl methyl sites for hydroxylation is 2. The van der Waals surface area contributed by atoms with Crippen LogP contribution in [0.5, 0.6) is 5.75 Å². The third-order valence-corrected chi connectivity index (χ3v) is 5.84. The van der Waals surface area contributed by atoms with Gasteiger partial charge in [-0.05, 0) is 62.1 Å². The summed E-state index contributed by atoms with van der Waals surface area (Å²) in [6, 6.07) is 13.5. The van der Waals surface area contributed by atoms with E-state index in [-0.39, 0.29) is 18.9 Å². The van der Waals surface area contributed by atoms with Crippen LogP contribution in [0.15, 0.2) is 47.8 Å². The van der Waals surface area contributed by atoms with E-state index in [2.05, 4.69) is 5.32 Å². The Balaban J connectivity index is 1.84. The second-order valence-corrected chi connectivity index (χ2v) is 8.05. The van der Waals surface area contributed by atoms with Crippen LogP contribution in [0.2, 0.25) is 0 Å². The van der Waals surface area contributed by atoms with Crippen molar-refractivity contribution in [3.8, 4) is 16.9 Å². The molecule has 0 aliphatic heterocycles. The van der Waals surface area contributed by atoms with Crippen LogP contribution >= 0.6 is 11.3 Å². The number of ether oxygens (including phenoxy) is 2. The summed E-state index contributed by atoms with van der Waals surface area (Å²) in [5.41, 5.74) is 5.28. The summed E-state index contributed by atoms with van der Waals surface area (Å²) < 4.78 is 10.7. The van der Waals surface area contributed by atoms with Crippen LogP contribution in [-0.4, -0.2) is 25.1 Å². The molecule has 0 radical (unpaired) electrons. The average molecular weight is 438 g/mol. The highest BCUT2D eigenvalue weighted by Gasteiger charge is 2.23. The van der Waals surface area contributed by atoms with Crippen molar-refractivity contribution in [2.75, 3.05) is 18.5 Å². The first kappa shape index (κ1) is 22.6. The number of benzene rings is 2. The minimum Gasteiger partial charge on any atom is -0.494 e. The number of hydrogen-bond donors (Lipinski definition) is 1. The summed E-state index contributed by atoms with van der Waals surface area (Å²) in [5, 5.41) is 5.30. The van der Waals surface area contributed by atoms with Gasteiger partial charge < -0.3 is 14.8 Å².